The maximum atomic E-state index is 13.6. The first-order valence-corrected chi connectivity index (χ1v) is 12.1. The van der Waals surface area contributed by atoms with Crippen LogP contribution in [0.25, 0.3) is 0 Å². The van der Waals surface area contributed by atoms with Crippen molar-refractivity contribution in [3.8, 4) is 0 Å². The fourth-order valence-electron chi connectivity index (χ4n) is 4.73. The van der Waals surface area contributed by atoms with E-state index in [-0.39, 0.29) is 18.1 Å². The predicted molar refractivity (Wildman–Crippen MR) is 132 cm³/mol. The molecule has 3 atom stereocenters. The van der Waals surface area contributed by atoms with Crippen LogP contribution in [-0.2, 0) is 3.79 Å². The number of benzene rings is 2. The Morgan fingerprint density at radius 1 is 1.24 bits per heavy atom. The van der Waals surface area contributed by atoms with Gasteiger partial charge in [0.1, 0.15) is 0 Å². The molecule has 4 rings (SSSR count). The molecule has 2 aromatic carbocycles. The highest BCUT2D eigenvalue weighted by Gasteiger charge is 2.35. The highest BCUT2D eigenvalue weighted by atomic mass is 35.5. The van der Waals surface area contributed by atoms with E-state index in [1.165, 1.54) is 0 Å². The molecule has 0 aromatic heterocycles. The Morgan fingerprint density at radius 2 is 2.03 bits per heavy atom. The van der Waals surface area contributed by atoms with E-state index in [9.17, 15) is 9.90 Å². The molecule has 0 saturated carbocycles. The minimum Gasteiger partial charge on any atom is -0.511 e. The van der Waals surface area contributed by atoms with Crippen LogP contribution in [0.3, 0.4) is 0 Å². The third kappa shape index (κ3) is 5.21. The predicted octanol–water partition coefficient (Wildman–Crippen LogP) is 4.93. The van der Waals surface area contributed by atoms with Gasteiger partial charge in [-0.05, 0) is 74.1 Å². The lowest BCUT2D eigenvalue weighted by Gasteiger charge is -2.35. The highest BCUT2D eigenvalue weighted by molar-refractivity contribution is 6.31. The Bertz CT molecular complexity index is 1100. The summed E-state index contributed by atoms with van der Waals surface area (Å²) < 4.78 is 5.64. The van der Waals surface area contributed by atoms with Gasteiger partial charge in [0, 0.05) is 34.5 Å². The van der Waals surface area contributed by atoms with Crippen molar-refractivity contribution in [2.75, 3.05) is 11.9 Å². The number of carbonyl (C=O) groups excluding carboxylic acids is 1. The highest BCUT2D eigenvalue weighted by Crippen LogP contribution is 2.34. The van der Waals surface area contributed by atoms with Crippen LogP contribution >= 0.6 is 11.6 Å². The Morgan fingerprint density at radius 3 is 2.76 bits per heavy atom. The van der Waals surface area contributed by atoms with Gasteiger partial charge in [-0.15, -0.1) is 0 Å². The lowest BCUT2D eigenvalue weighted by atomic mass is 9.92. The van der Waals surface area contributed by atoms with Gasteiger partial charge >= 0.3 is 16.6 Å². The second-order valence-corrected chi connectivity index (χ2v) is 9.39. The van der Waals surface area contributed by atoms with E-state index in [1.807, 2.05) is 73.4 Å². The van der Waals surface area contributed by atoms with Gasteiger partial charge in [-0.1, -0.05) is 41.9 Å². The van der Waals surface area contributed by atoms with Gasteiger partial charge in [0.25, 0.3) is 5.91 Å². The van der Waals surface area contributed by atoms with E-state index in [2.05, 4.69) is 21.9 Å². The molecule has 2 aromatic rings. The van der Waals surface area contributed by atoms with Gasteiger partial charge in [0.15, 0.2) is 6.23 Å². The van der Waals surface area contributed by atoms with Crippen LogP contribution in [0.4, 0.5) is 5.69 Å². The van der Waals surface area contributed by atoms with Crippen LogP contribution in [-0.4, -0.2) is 51.2 Å². The molecule has 5 nitrogen and oxygen atoms in total. The van der Waals surface area contributed by atoms with E-state index >= 15 is 0 Å². The molecule has 1 aliphatic carbocycles. The van der Waals surface area contributed by atoms with Crippen LogP contribution in [0.1, 0.15) is 52.5 Å². The van der Waals surface area contributed by atoms with Crippen molar-refractivity contribution in [1.29, 1.82) is 0 Å². The minimum atomic E-state index is -0.826. The number of aryl methyl sites for hydroxylation is 2. The zero-order valence-corrected chi connectivity index (χ0v) is 20.8. The standard InChI is InChI=1S/C26H28ClN2O3.Al/c1-16-6-3-4-7-20(16)25(31)28-19-10-11-21(17(2)14-19)26(32)29-13-5-8-24(30)22-15-18(27)9-12-23(22)29;/h3-4,6-7,9-11,14-15,23-25,28,31H,5,8,12-13H2,1-2H3;/q-1;+1. The van der Waals surface area contributed by atoms with Crippen LogP contribution in [0, 0.1) is 13.8 Å². The SMILES string of the molecule is Cc1cc(NC(O)c2ccccc2C)ccc1C(=O)N1CCCC([O][Al])C2=CC(Cl)=CCC21. The van der Waals surface area contributed by atoms with Crippen LogP contribution < -0.4 is 5.32 Å². The minimum absolute atomic E-state index is 0.00484. The molecule has 3 unspecified atom stereocenters. The van der Waals surface area contributed by atoms with Crippen molar-refractivity contribution in [1.82, 2.24) is 4.90 Å². The number of likely N-dealkylation sites (tertiary alicyclic amines) is 1. The van der Waals surface area contributed by atoms with Gasteiger partial charge in [-0.2, -0.15) is 0 Å². The first-order valence-electron chi connectivity index (χ1n) is 11.2. The quantitative estimate of drug-likeness (QED) is 0.472. The molecule has 2 radical (unpaired) electrons. The van der Waals surface area contributed by atoms with Gasteiger partial charge in [-0.25, -0.2) is 0 Å². The number of anilines is 1. The Labute approximate surface area is 208 Å². The Hall–Kier alpha value is -2.07. The Kier molecular flexibility index (Phi) is 7.63. The maximum Gasteiger partial charge on any atom is 0.370 e. The molecule has 33 heavy (non-hydrogen) atoms. The summed E-state index contributed by atoms with van der Waals surface area (Å²) in [6, 6.07) is 13.3. The maximum absolute atomic E-state index is 13.6. The number of amides is 1. The second kappa shape index (κ2) is 10.5. The third-order valence-electron chi connectivity index (χ3n) is 6.51. The van der Waals surface area contributed by atoms with Gasteiger partial charge < -0.3 is 19.1 Å². The van der Waals surface area contributed by atoms with Crippen molar-refractivity contribution in [3.05, 3.63) is 87.5 Å². The molecule has 0 bridgehead atoms. The number of allylic oxidation sites excluding steroid dienone is 2. The second-order valence-electron chi connectivity index (χ2n) is 8.68. The molecule has 7 heteroatoms. The van der Waals surface area contributed by atoms with Crippen molar-refractivity contribution in [3.63, 3.8) is 0 Å². The van der Waals surface area contributed by atoms with Crippen molar-refractivity contribution in [2.45, 2.75) is 51.5 Å². The number of nitrogens with zero attached hydrogens (tertiary/aromatic N) is 1. The number of rotatable bonds is 5. The molecule has 2 N–H and O–H groups in total. The summed E-state index contributed by atoms with van der Waals surface area (Å²) >= 11 is 8.64. The molecule has 170 valence electrons. The molecule has 1 aliphatic heterocycles. The van der Waals surface area contributed by atoms with E-state index in [1.54, 1.807) is 0 Å². The molecular weight excluding hydrogens is 451 g/mol. The lowest BCUT2D eigenvalue weighted by Crippen LogP contribution is -2.43. The number of hydrogen-bond donors (Lipinski definition) is 2. The largest absolute Gasteiger partial charge is 0.511 e. The number of hydrogen-bond acceptors (Lipinski definition) is 4. The number of halogens is 1. The third-order valence-corrected chi connectivity index (χ3v) is 7.10. The first kappa shape index (κ1) is 24.1. The van der Waals surface area contributed by atoms with E-state index < -0.39 is 6.23 Å². The molecule has 2 aliphatic rings. The average Bonchev–Trinajstić information content (AvgIpc) is 2.98. The summed E-state index contributed by atoms with van der Waals surface area (Å²) in [4.78, 5) is 15.6. The number of fused-ring (bicyclic) bond motifs is 1. The smallest absolute Gasteiger partial charge is 0.370 e. The zero-order chi connectivity index (χ0) is 23.5. The fraction of sp³-hybridized carbons (Fsp3) is 0.346. The molecule has 1 heterocycles. The summed E-state index contributed by atoms with van der Waals surface area (Å²) in [5.41, 5.74) is 5.19. The molecular formula is C26H28AlClN2O3. The number of carbonyl (C=O) groups is 1. The first-order chi connectivity index (χ1) is 15.9. The van der Waals surface area contributed by atoms with Gasteiger partial charge in [0.2, 0.25) is 0 Å². The number of aliphatic hydroxyl groups excluding tert-OH is 1. The van der Waals surface area contributed by atoms with Gasteiger partial charge in [-0.3, -0.25) is 4.79 Å². The molecule has 0 spiro atoms. The normalized spacial score (nSPS) is 21.4. The van der Waals surface area contributed by atoms with Crippen molar-refractivity contribution < 1.29 is 13.7 Å². The molecule has 1 fully saturated rings. The van der Waals surface area contributed by atoms with Crippen molar-refractivity contribution >= 4 is 39.8 Å². The summed E-state index contributed by atoms with van der Waals surface area (Å²) in [5, 5.41) is 14.5. The monoisotopic (exact) mass is 478 g/mol. The average molecular weight is 479 g/mol. The van der Waals surface area contributed by atoms with E-state index in [4.69, 9.17) is 15.4 Å². The van der Waals surface area contributed by atoms with E-state index in [0.717, 1.165) is 40.8 Å². The van der Waals surface area contributed by atoms with Crippen LogP contribution in [0.5, 0.6) is 0 Å². The summed E-state index contributed by atoms with van der Waals surface area (Å²) in [6.45, 7) is 4.57. The topological polar surface area (TPSA) is 61.8 Å². The van der Waals surface area contributed by atoms with Crippen molar-refractivity contribution in [2.24, 2.45) is 0 Å². The fourth-order valence-corrected chi connectivity index (χ4v) is 5.23. The summed E-state index contributed by atoms with van der Waals surface area (Å²) in [7, 11) is 0. The summed E-state index contributed by atoms with van der Waals surface area (Å²) in [6.07, 6.45) is 5.42. The van der Waals surface area contributed by atoms with Gasteiger partial charge in [0.05, 0.1) is 6.04 Å². The molecule has 1 saturated heterocycles. The van der Waals surface area contributed by atoms with Crippen LogP contribution in [0.15, 0.2) is 65.2 Å². The Balaban J connectivity index is 1.55. The van der Waals surface area contributed by atoms with Crippen LogP contribution in [0.2, 0.25) is 0 Å². The zero-order valence-electron chi connectivity index (χ0n) is 18.9. The molecule has 1 amide bonds. The lowest BCUT2D eigenvalue weighted by molar-refractivity contribution is 0.0708. The number of nitrogens with one attached hydrogen (secondary N) is 1. The number of aliphatic hydroxyl groups is 1. The summed E-state index contributed by atoms with van der Waals surface area (Å²) in [5.74, 6) is 0.00484. The van der Waals surface area contributed by atoms with E-state index in [0.29, 0.717) is 23.6 Å².